The average Bonchev–Trinajstić information content (AvgIpc) is 2.41. The van der Waals surface area contributed by atoms with E-state index < -0.39 is 0 Å². The van der Waals surface area contributed by atoms with Crippen LogP contribution in [-0.4, -0.2) is 11.0 Å². The van der Waals surface area contributed by atoms with E-state index in [1.54, 1.807) is 12.3 Å². The zero-order valence-electron chi connectivity index (χ0n) is 10.9. The van der Waals surface area contributed by atoms with E-state index in [4.69, 9.17) is 0 Å². The molecule has 4 nitrogen and oxygen atoms in total. The lowest BCUT2D eigenvalue weighted by Crippen LogP contribution is -2.24. The van der Waals surface area contributed by atoms with Crippen molar-refractivity contribution in [3.05, 3.63) is 64.4 Å². The van der Waals surface area contributed by atoms with Gasteiger partial charge >= 0.3 is 6.03 Å². The minimum atomic E-state index is -0.323. The summed E-state index contributed by atoms with van der Waals surface area (Å²) in [5, 5.41) is 5.29. The predicted molar refractivity (Wildman–Crippen MR) is 84.3 cm³/mol. The molecule has 0 unspecified atom stereocenters. The smallest absolute Gasteiger partial charge is 0.314 e. The van der Waals surface area contributed by atoms with Crippen LogP contribution in [-0.2, 0) is 0 Å². The van der Waals surface area contributed by atoms with Gasteiger partial charge in [-0.1, -0.05) is 34.1 Å². The highest BCUT2D eigenvalue weighted by Crippen LogP contribution is 2.11. The summed E-state index contributed by atoms with van der Waals surface area (Å²) in [6.45, 7) is 1.87. The van der Waals surface area contributed by atoms with Gasteiger partial charge in [-0.05, 0) is 42.8 Å². The highest BCUT2D eigenvalue weighted by molar-refractivity contribution is 9.10. The zero-order valence-corrected chi connectivity index (χ0v) is 12.5. The Kier molecular flexibility index (Phi) is 4.90. The van der Waals surface area contributed by atoms with Crippen LogP contribution >= 0.6 is 15.9 Å². The van der Waals surface area contributed by atoms with Gasteiger partial charge in [0.2, 0.25) is 0 Å². The van der Waals surface area contributed by atoms with E-state index in [1.165, 1.54) is 0 Å². The average molecular weight is 332 g/mol. The van der Waals surface area contributed by atoms with Gasteiger partial charge in [0.1, 0.15) is 5.82 Å². The molecule has 0 saturated carbocycles. The Morgan fingerprint density at radius 2 is 1.95 bits per heavy atom. The molecule has 2 amide bonds. The number of halogens is 1. The molecule has 20 heavy (non-hydrogen) atoms. The van der Waals surface area contributed by atoms with Crippen LogP contribution in [0.5, 0.6) is 0 Å². The summed E-state index contributed by atoms with van der Waals surface area (Å²) < 4.78 is 1.02. The first kappa shape index (κ1) is 14.3. The third-order valence-electron chi connectivity index (χ3n) is 2.49. The summed E-state index contributed by atoms with van der Waals surface area (Å²) in [5.74, 6) is 0.527. The Bertz CT molecular complexity index is 623. The molecule has 1 aromatic heterocycles. The quantitative estimate of drug-likeness (QED) is 0.894. The van der Waals surface area contributed by atoms with Crippen molar-refractivity contribution < 1.29 is 4.79 Å². The van der Waals surface area contributed by atoms with Crippen molar-refractivity contribution in [1.29, 1.82) is 0 Å². The van der Waals surface area contributed by atoms with Crippen LogP contribution in [0.3, 0.4) is 0 Å². The number of hydrogen-bond donors (Lipinski definition) is 2. The molecule has 0 aliphatic rings. The summed E-state index contributed by atoms with van der Waals surface area (Å²) in [5.41, 5.74) is 1.86. The Balaban J connectivity index is 1.87. The normalized spacial score (nSPS) is 10.5. The van der Waals surface area contributed by atoms with Crippen molar-refractivity contribution in [2.24, 2.45) is 0 Å². The monoisotopic (exact) mass is 331 g/mol. The van der Waals surface area contributed by atoms with Crippen LogP contribution in [0.1, 0.15) is 11.3 Å². The standard InChI is InChI=1S/C15H14BrN3O/c1-11-3-2-4-14(18-11)19-15(20)17-10-9-12-5-7-13(16)8-6-12/h2-10H,1H3,(H2,17,18,19,20)/b10-9+. The number of pyridine rings is 1. The molecule has 1 aromatic carbocycles. The molecule has 0 bridgehead atoms. The van der Waals surface area contributed by atoms with Gasteiger partial charge in [0.05, 0.1) is 0 Å². The molecule has 0 aliphatic heterocycles. The van der Waals surface area contributed by atoms with E-state index in [0.717, 1.165) is 15.7 Å². The van der Waals surface area contributed by atoms with Crippen LogP contribution in [0.15, 0.2) is 53.1 Å². The van der Waals surface area contributed by atoms with Gasteiger partial charge in [0, 0.05) is 16.4 Å². The highest BCUT2D eigenvalue weighted by Gasteiger charge is 1.99. The number of carbonyl (C=O) groups is 1. The topological polar surface area (TPSA) is 54.0 Å². The first-order chi connectivity index (χ1) is 9.63. The number of aromatic nitrogens is 1. The van der Waals surface area contributed by atoms with Crippen molar-refractivity contribution in [3.63, 3.8) is 0 Å². The van der Waals surface area contributed by atoms with E-state index in [9.17, 15) is 4.79 Å². The highest BCUT2D eigenvalue weighted by atomic mass is 79.9. The minimum Gasteiger partial charge on any atom is -0.314 e. The summed E-state index contributed by atoms with van der Waals surface area (Å²) in [4.78, 5) is 15.8. The van der Waals surface area contributed by atoms with E-state index in [2.05, 4.69) is 31.5 Å². The van der Waals surface area contributed by atoms with Crippen LogP contribution in [0.2, 0.25) is 0 Å². The molecule has 2 rings (SSSR count). The Morgan fingerprint density at radius 3 is 2.65 bits per heavy atom. The number of aryl methyl sites for hydroxylation is 1. The van der Waals surface area contributed by atoms with E-state index >= 15 is 0 Å². The predicted octanol–water partition coefficient (Wildman–Crippen LogP) is 3.94. The number of rotatable bonds is 3. The van der Waals surface area contributed by atoms with Crippen LogP contribution < -0.4 is 10.6 Å². The number of nitrogens with zero attached hydrogens (tertiary/aromatic N) is 1. The summed E-state index contributed by atoms with van der Waals surface area (Å²) in [7, 11) is 0. The molecule has 2 aromatic rings. The van der Waals surface area contributed by atoms with Crippen molar-refractivity contribution in [2.75, 3.05) is 5.32 Å². The molecule has 2 N–H and O–H groups in total. The molecular formula is C15H14BrN3O. The molecule has 102 valence electrons. The zero-order chi connectivity index (χ0) is 14.4. The third-order valence-corrected chi connectivity index (χ3v) is 3.02. The lowest BCUT2D eigenvalue weighted by Gasteiger charge is -2.04. The van der Waals surface area contributed by atoms with Gasteiger partial charge < -0.3 is 5.32 Å². The second-order valence-corrected chi connectivity index (χ2v) is 5.06. The van der Waals surface area contributed by atoms with Gasteiger partial charge in [-0.25, -0.2) is 9.78 Å². The number of nitrogens with one attached hydrogen (secondary N) is 2. The molecule has 1 heterocycles. The minimum absolute atomic E-state index is 0.323. The number of benzene rings is 1. The Labute approximate surface area is 126 Å². The maximum Gasteiger partial charge on any atom is 0.324 e. The molecule has 0 aliphatic carbocycles. The summed E-state index contributed by atoms with van der Waals surface area (Å²) in [6.07, 6.45) is 3.41. The fourth-order valence-corrected chi connectivity index (χ4v) is 1.82. The van der Waals surface area contributed by atoms with Crippen LogP contribution in [0.25, 0.3) is 6.08 Å². The SMILES string of the molecule is Cc1cccc(NC(=O)N/C=C/c2ccc(Br)cc2)n1. The largest absolute Gasteiger partial charge is 0.324 e. The first-order valence-corrected chi connectivity index (χ1v) is 6.86. The fourth-order valence-electron chi connectivity index (χ4n) is 1.55. The molecule has 0 saturated heterocycles. The van der Waals surface area contributed by atoms with Crippen LogP contribution in [0.4, 0.5) is 10.6 Å². The van der Waals surface area contributed by atoms with Gasteiger partial charge in [-0.15, -0.1) is 0 Å². The van der Waals surface area contributed by atoms with E-state index in [0.29, 0.717) is 5.82 Å². The molecule has 5 heteroatoms. The van der Waals surface area contributed by atoms with Crippen LogP contribution in [0, 0.1) is 6.92 Å². The summed E-state index contributed by atoms with van der Waals surface area (Å²) >= 11 is 3.37. The molecule has 0 spiro atoms. The molecular weight excluding hydrogens is 318 g/mol. The van der Waals surface area contributed by atoms with E-state index in [-0.39, 0.29) is 6.03 Å². The lowest BCUT2D eigenvalue weighted by molar-refractivity contribution is 0.255. The van der Waals surface area contributed by atoms with Crippen molar-refractivity contribution in [2.45, 2.75) is 6.92 Å². The second kappa shape index (κ2) is 6.86. The second-order valence-electron chi connectivity index (χ2n) is 4.15. The first-order valence-electron chi connectivity index (χ1n) is 6.07. The Morgan fingerprint density at radius 1 is 1.20 bits per heavy atom. The lowest BCUT2D eigenvalue weighted by atomic mass is 10.2. The number of amides is 2. The fraction of sp³-hybridized carbons (Fsp3) is 0.0667. The number of hydrogen-bond acceptors (Lipinski definition) is 2. The summed E-state index contributed by atoms with van der Waals surface area (Å²) in [6, 6.07) is 12.9. The molecule has 0 radical (unpaired) electrons. The molecule has 0 fully saturated rings. The van der Waals surface area contributed by atoms with Crippen molar-refractivity contribution >= 4 is 33.9 Å². The van der Waals surface area contributed by atoms with Gasteiger partial charge in [-0.3, -0.25) is 5.32 Å². The van der Waals surface area contributed by atoms with Crippen molar-refractivity contribution in [1.82, 2.24) is 10.3 Å². The number of carbonyl (C=O) groups excluding carboxylic acids is 1. The number of anilines is 1. The van der Waals surface area contributed by atoms with Gasteiger partial charge in [0.15, 0.2) is 0 Å². The Hall–Kier alpha value is -2.14. The van der Waals surface area contributed by atoms with Gasteiger partial charge in [-0.2, -0.15) is 0 Å². The van der Waals surface area contributed by atoms with Gasteiger partial charge in [0.25, 0.3) is 0 Å². The van der Waals surface area contributed by atoms with Crippen molar-refractivity contribution in [3.8, 4) is 0 Å². The molecule has 0 atom stereocenters. The number of urea groups is 1. The third kappa shape index (κ3) is 4.51. The maximum atomic E-state index is 11.6. The maximum absolute atomic E-state index is 11.6. The van der Waals surface area contributed by atoms with E-state index in [1.807, 2.05) is 49.4 Å².